The van der Waals surface area contributed by atoms with Gasteiger partial charge in [0.2, 0.25) is 0 Å². The molecule has 4 aromatic rings. The van der Waals surface area contributed by atoms with E-state index < -0.39 is 5.97 Å². The molecule has 0 aliphatic heterocycles. The van der Waals surface area contributed by atoms with Crippen molar-refractivity contribution >= 4 is 60.0 Å². The Kier molecular flexibility index (Phi) is 3.71. The van der Waals surface area contributed by atoms with Crippen LogP contribution in [-0.2, 0) is 10.5 Å². The lowest BCUT2D eigenvalue weighted by Gasteiger charge is -2.08. The Bertz CT molecular complexity index is 1030. The van der Waals surface area contributed by atoms with Crippen LogP contribution in [0.1, 0.15) is 5.56 Å². The number of carboxylic acid groups (broad SMARTS) is 1. The average Bonchev–Trinajstić information content (AvgIpc) is 2.93. The van der Waals surface area contributed by atoms with Crippen LogP contribution in [0.5, 0.6) is 0 Å². The zero-order chi connectivity index (χ0) is 15.8. The van der Waals surface area contributed by atoms with Crippen LogP contribution in [0.2, 0.25) is 0 Å². The highest BCUT2D eigenvalue weighted by molar-refractivity contribution is 7.99. The van der Waals surface area contributed by atoms with Crippen molar-refractivity contribution in [3.05, 3.63) is 60.2 Å². The van der Waals surface area contributed by atoms with Crippen molar-refractivity contribution in [2.24, 2.45) is 0 Å². The quantitative estimate of drug-likeness (QED) is 0.532. The van der Waals surface area contributed by atoms with E-state index in [-0.39, 0.29) is 5.75 Å². The first-order valence-electron chi connectivity index (χ1n) is 7.35. The minimum absolute atomic E-state index is 0.136. The number of benzene rings is 3. The van der Waals surface area contributed by atoms with Crippen LogP contribution in [0.3, 0.4) is 0 Å². The Balaban J connectivity index is 1.96. The van der Waals surface area contributed by atoms with Crippen LogP contribution in [0, 0.1) is 0 Å². The minimum atomic E-state index is -0.763. The summed E-state index contributed by atoms with van der Waals surface area (Å²) in [6.07, 6.45) is 0. The average molecular weight is 338 g/mol. The number of thiophene rings is 1. The molecule has 0 bridgehead atoms. The molecule has 4 heteroatoms. The number of carboxylic acids is 1. The molecule has 0 saturated heterocycles. The molecule has 0 amide bonds. The molecule has 0 saturated carbocycles. The molecular formula is C19H14O2S2. The predicted molar refractivity (Wildman–Crippen MR) is 101 cm³/mol. The van der Waals surface area contributed by atoms with Gasteiger partial charge in [0, 0.05) is 25.9 Å². The zero-order valence-corrected chi connectivity index (χ0v) is 13.9. The van der Waals surface area contributed by atoms with E-state index in [0.717, 1.165) is 0 Å². The van der Waals surface area contributed by atoms with Crippen molar-refractivity contribution in [1.29, 1.82) is 0 Å². The molecule has 1 aromatic heterocycles. The first kappa shape index (κ1) is 14.5. The molecule has 0 unspecified atom stereocenters. The van der Waals surface area contributed by atoms with Gasteiger partial charge in [-0.15, -0.1) is 23.1 Å². The second-order valence-corrected chi connectivity index (χ2v) is 7.48. The number of hydrogen-bond donors (Lipinski definition) is 1. The lowest BCUT2D eigenvalue weighted by atomic mass is 10.0. The molecule has 114 valence electrons. The fourth-order valence-electron chi connectivity index (χ4n) is 2.99. The van der Waals surface area contributed by atoms with E-state index >= 15 is 0 Å². The summed E-state index contributed by atoms with van der Waals surface area (Å²) in [4.78, 5) is 10.8. The smallest absolute Gasteiger partial charge is 0.313 e. The molecular weight excluding hydrogens is 324 g/mol. The second-order valence-electron chi connectivity index (χ2n) is 5.44. The summed E-state index contributed by atoms with van der Waals surface area (Å²) < 4.78 is 2.61. The van der Waals surface area contributed by atoms with Crippen LogP contribution in [0.15, 0.2) is 54.6 Å². The third kappa shape index (κ3) is 2.58. The third-order valence-corrected chi connectivity index (χ3v) is 6.14. The fourth-order valence-corrected chi connectivity index (χ4v) is 4.95. The monoisotopic (exact) mass is 338 g/mol. The first-order chi connectivity index (χ1) is 11.2. The summed E-state index contributed by atoms with van der Waals surface area (Å²) in [6, 6.07) is 19.1. The molecule has 3 aromatic carbocycles. The highest BCUT2D eigenvalue weighted by Crippen LogP contribution is 2.40. The molecule has 0 aliphatic rings. The van der Waals surface area contributed by atoms with Gasteiger partial charge in [0.15, 0.2) is 0 Å². The van der Waals surface area contributed by atoms with E-state index in [4.69, 9.17) is 5.11 Å². The number of hydrogen-bond acceptors (Lipinski definition) is 3. The summed E-state index contributed by atoms with van der Waals surface area (Å²) in [6.45, 7) is 0. The van der Waals surface area contributed by atoms with Crippen LogP contribution < -0.4 is 0 Å². The lowest BCUT2D eigenvalue weighted by Crippen LogP contribution is -1.98. The zero-order valence-electron chi connectivity index (χ0n) is 12.3. The molecule has 0 fully saturated rings. The summed E-state index contributed by atoms with van der Waals surface area (Å²) in [5, 5.41) is 13.9. The second kappa shape index (κ2) is 5.87. The third-order valence-electron chi connectivity index (χ3n) is 3.95. The van der Waals surface area contributed by atoms with Crippen molar-refractivity contribution in [2.45, 2.75) is 5.75 Å². The fraction of sp³-hybridized carbons (Fsp3) is 0.105. The highest BCUT2D eigenvalue weighted by Gasteiger charge is 2.12. The maximum absolute atomic E-state index is 10.8. The molecule has 4 rings (SSSR count). The Labute approximate surface area is 141 Å². The topological polar surface area (TPSA) is 37.3 Å². The number of rotatable bonds is 4. The van der Waals surface area contributed by atoms with E-state index in [9.17, 15) is 4.79 Å². The summed E-state index contributed by atoms with van der Waals surface area (Å²) in [5.74, 6) is 0.0882. The Morgan fingerprint density at radius 1 is 0.957 bits per heavy atom. The molecule has 1 N–H and O–H groups in total. The van der Waals surface area contributed by atoms with Crippen molar-refractivity contribution in [3.8, 4) is 0 Å². The van der Waals surface area contributed by atoms with Gasteiger partial charge >= 0.3 is 5.97 Å². The van der Waals surface area contributed by atoms with Gasteiger partial charge in [0.1, 0.15) is 0 Å². The maximum Gasteiger partial charge on any atom is 0.313 e. The van der Waals surface area contributed by atoms with E-state index in [1.807, 2.05) is 17.4 Å². The summed E-state index contributed by atoms with van der Waals surface area (Å²) in [5.41, 5.74) is 1.21. The van der Waals surface area contributed by atoms with Crippen molar-refractivity contribution in [1.82, 2.24) is 0 Å². The minimum Gasteiger partial charge on any atom is -0.481 e. The molecule has 0 atom stereocenters. The van der Waals surface area contributed by atoms with Crippen LogP contribution in [0.25, 0.3) is 30.9 Å². The van der Waals surface area contributed by atoms with E-state index in [1.54, 1.807) is 0 Å². The highest BCUT2D eigenvalue weighted by atomic mass is 32.2. The first-order valence-corrected chi connectivity index (χ1v) is 9.32. The van der Waals surface area contributed by atoms with Gasteiger partial charge in [-0.3, -0.25) is 4.79 Å². The van der Waals surface area contributed by atoms with Crippen LogP contribution >= 0.6 is 23.1 Å². The maximum atomic E-state index is 10.8. The Hall–Kier alpha value is -2.04. The van der Waals surface area contributed by atoms with Crippen molar-refractivity contribution in [3.63, 3.8) is 0 Å². The Morgan fingerprint density at radius 2 is 1.65 bits per heavy atom. The number of fused-ring (bicyclic) bond motifs is 5. The lowest BCUT2D eigenvalue weighted by molar-refractivity contribution is -0.133. The number of carbonyl (C=O) groups is 1. The predicted octanol–water partition coefficient (Wildman–Crippen LogP) is 5.53. The van der Waals surface area contributed by atoms with E-state index in [1.165, 1.54) is 48.3 Å². The normalized spacial score (nSPS) is 11.5. The molecule has 0 spiro atoms. The summed E-state index contributed by atoms with van der Waals surface area (Å²) in [7, 11) is 0. The SMILES string of the molecule is O=C(O)CSCc1cc2c3ccccc3sc2c2ccccc12. The van der Waals surface area contributed by atoms with Gasteiger partial charge in [-0.05, 0) is 28.5 Å². The van der Waals surface area contributed by atoms with Gasteiger partial charge in [-0.1, -0.05) is 42.5 Å². The number of aliphatic carboxylic acids is 1. The molecule has 0 aliphatic carbocycles. The van der Waals surface area contributed by atoms with E-state index in [0.29, 0.717) is 5.75 Å². The van der Waals surface area contributed by atoms with Gasteiger partial charge < -0.3 is 5.11 Å². The van der Waals surface area contributed by atoms with E-state index in [2.05, 4.69) is 48.5 Å². The van der Waals surface area contributed by atoms with Gasteiger partial charge in [0.25, 0.3) is 0 Å². The van der Waals surface area contributed by atoms with Crippen LogP contribution in [0.4, 0.5) is 0 Å². The number of thioether (sulfide) groups is 1. The van der Waals surface area contributed by atoms with Crippen molar-refractivity contribution < 1.29 is 9.90 Å². The largest absolute Gasteiger partial charge is 0.481 e. The van der Waals surface area contributed by atoms with Gasteiger partial charge in [-0.2, -0.15) is 0 Å². The summed E-state index contributed by atoms with van der Waals surface area (Å²) >= 11 is 3.28. The standard InChI is InChI=1S/C19H14O2S2/c20-18(21)11-22-10-12-9-16-14-6-3-4-8-17(14)23-19(16)15-7-2-1-5-13(12)15/h1-9H,10-11H2,(H,20,21). The van der Waals surface area contributed by atoms with Gasteiger partial charge in [-0.25, -0.2) is 0 Å². The molecule has 1 heterocycles. The van der Waals surface area contributed by atoms with Gasteiger partial charge in [0.05, 0.1) is 5.75 Å². The Morgan fingerprint density at radius 3 is 2.43 bits per heavy atom. The molecule has 2 nitrogen and oxygen atoms in total. The van der Waals surface area contributed by atoms with Crippen LogP contribution in [-0.4, -0.2) is 16.8 Å². The van der Waals surface area contributed by atoms with Crippen molar-refractivity contribution in [2.75, 3.05) is 5.75 Å². The molecule has 23 heavy (non-hydrogen) atoms. The molecule has 0 radical (unpaired) electrons.